The van der Waals surface area contributed by atoms with Crippen LogP contribution in [0.3, 0.4) is 0 Å². The normalized spacial score (nSPS) is 11.1. The summed E-state index contributed by atoms with van der Waals surface area (Å²) in [5.41, 5.74) is 1.36. The minimum atomic E-state index is -3.52. The fourth-order valence-electron chi connectivity index (χ4n) is 1.97. The van der Waals surface area contributed by atoms with Gasteiger partial charge in [0.1, 0.15) is 19.0 Å². The van der Waals surface area contributed by atoms with Crippen LogP contribution in [0.4, 0.5) is 0 Å². The Morgan fingerprint density at radius 3 is 2.42 bits per heavy atom. The van der Waals surface area contributed by atoms with Crippen LogP contribution in [0.25, 0.3) is 0 Å². The zero-order valence-electron chi connectivity index (χ0n) is 13.5. The highest BCUT2D eigenvalue weighted by Crippen LogP contribution is 2.13. The highest BCUT2D eigenvalue weighted by atomic mass is 32.2. The maximum atomic E-state index is 11.9. The molecule has 6 nitrogen and oxygen atoms in total. The highest BCUT2D eigenvalue weighted by molar-refractivity contribution is 7.89. The number of sulfonamides is 1. The van der Waals surface area contributed by atoms with Gasteiger partial charge in [-0.3, -0.25) is 0 Å². The minimum Gasteiger partial charge on any atom is -0.490 e. The third-order valence-corrected chi connectivity index (χ3v) is 4.67. The smallest absolute Gasteiger partial charge is 0.338 e. The molecule has 2 aromatic carbocycles. The van der Waals surface area contributed by atoms with Crippen molar-refractivity contribution in [2.75, 3.05) is 20.3 Å². The van der Waals surface area contributed by atoms with E-state index in [0.717, 1.165) is 5.56 Å². The number of carbonyl (C=O) groups excluding carboxylic acids is 1. The van der Waals surface area contributed by atoms with Crippen LogP contribution in [0, 0.1) is 6.92 Å². The maximum Gasteiger partial charge on any atom is 0.338 e. The van der Waals surface area contributed by atoms with E-state index in [1.165, 1.54) is 31.3 Å². The van der Waals surface area contributed by atoms with E-state index in [9.17, 15) is 13.2 Å². The van der Waals surface area contributed by atoms with Gasteiger partial charge in [-0.2, -0.15) is 0 Å². The zero-order valence-corrected chi connectivity index (χ0v) is 14.3. The lowest BCUT2D eigenvalue weighted by Crippen LogP contribution is -2.18. The van der Waals surface area contributed by atoms with Crippen molar-refractivity contribution in [1.82, 2.24) is 4.72 Å². The van der Waals surface area contributed by atoms with Crippen molar-refractivity contribution in [1.29, 1.82) is 0 Å². The SMILES string of the molecule is CNS(=O)(=O)c1ccc(C(=O)OCCOc2cccc(C)c2)cc1. The van der Waals surface area contributed by atoms with Crippen molar-refractivity contribution in [2.24, 2.45) is 0 Å². The van der Waals surface area contributed by atoms with Crippen molar-refractivity contribution < 1.29 is 22.7 Å². The largest absolute Gasteiger partial charge is 0.490 e. The summed E-state index contributed by atoms with van der Waals surface area (Å²) in [6.07, 6.45) is 0. The summed E-state index contributed by atoms with van der Waals surface area (Å²) in [6.45, 7) is 2.30. The molecule has 0 heterocycles. The first-order chi connectivity index (χ1) is 11.4. The molecule has 0 amide bonds. The van der Waals surface area contributed by atoms with Crippen LogP contribution in [0.15, 0.2) is 53.4 Å². The molecule has 24 heavy (non-hydrogen) atoms. The molecule has 0 saturated carbocycles. The second-order valence-electron chi connectivity index (χ2n) is 5.03. The van der Waals surface area contributed by atoms with Crippen LogP contribution in [-0.2, 0) is 14.8 Å². The molecule has 2 aromatic rings. The van der Waals surface area contributed by atoms with Crippen molar-refractivity contribution in [2.45, 2.75) is 11.8 Å². The summed E-state index contributed by atoms with van der Waals surface area (Å²) in [7, 11) is -2.19. The predicted molar refractivity (Wildman–Crippen MR) is 89.6 cm³/mol. The number of benzene rings is 2. The van der Waals surface area contributed by atoms with Crippen LogP contribution in [0.2, 0.25) is 0 Å². The molecule has 0 bridgehead atoms. The van der Waals surface area contributed by atoms with Gasteiger partial charge in [-0.15, -0.1) is 0 Å². The van der Waals surface area contributed by atoms with Gasteiger partial charge in [-0.25, -0.2) is 17.9 Å². The number of ether oxygens (including phenoxy) is 2. The standard InChI is InChI=1S/C17H19NO5S/c1-13-4-3-5-15(12-13)22-10-11-23-17(19)14-6-8-16(9-7-14)24(20,21)18-2/h3-9,12,18H,10-11H2,1-2H3. The van der Waals surface area contributed by atoms with E-state index in [1.54, 1.807) is 0 Å². The van der Waals surface area contributed by atoms with Gasteiger partial charge in [-0.1, -0.05) is 12.1 Å². The number of carbonyl (C=O) groups is 1. The molecule has 0 aromatic heterocycles. The summed E-state index contributed by atoms with van der Waals surface area (Å²) in [6, 6.07) is 13.1. The summed E-state index contributed by atoms with van der Waals surface area (Å²) in [5, 5.41) is 0. The van der Waals surface area contributed by atoms with E-state index in [4.69, 9.17) is 9.47 Å². The first kappa shape index (κ1) is 18.0. The van der Waals surface area contributed by atoms with E-state index in [1.807, 2.05) is 31.2 Å². The van der Waals surface area contributed by atoms with Crippen molar-refractivity contribution in [3.05, 3.63) is 59.7 Å². The topological polar surface area (TPSA) is 81.7 Å². The van der Waals surface area contributed by atoms with Gasteiger partial charge < -0.3 is 9.47 Å². The molecule has 0 aliphatic heterocycles. The number of aryl methyl sites for hydroxylation is 1. The molecule has 0 saturated heterocycles. The van der Waals surface area contributed by atoms with E-state index < -0.39 is 16.0 Å². The Morgan fingerprint density at radius 1 is 1.08 bits per heavy atom. The third-order valence-electron chi connectivity index (χ3n) is 3.24. The van der Waals surface area contributed by atoms with E-state index in [-0.39, 0.29) is 23.7 Å². The first-order valence-corrected chi connectivity index (χ1v) is 8.81. The van der Waals surface area contributed by atoms with Gasteiger partial charge in [0.2, 0.25) is 10.0 Å². The first-order valence-electron chi connectivity index (χ1n) is 7.32. The molecular weight excluding hydrogens is 330 g/mol. The monoisotopic (exact) mass is 349 g/mol. The lowest BCUT2D eigenvalue weighted by molar-refractivity contribution is 0.0450. The molecule has 0 radical (unpaired) electrons. The summed E-state index contributed by atoms with van der Waals surface area (Å²) in [4.78, 5) is 12.0. The van der Waals surface area contributed by atoms with E-state index in [2.05, 4.69) is 4.72 Å². The molecule has 7 heteroatoms. The molecule has 0 atom stereocenters. The van der Waals surface area contributed by atoms with Crippen LogP contribution < -0.4 is 9.46 Å². The fraction of sp³-hybridized carbons (Fsp3) is 0.235. The van der Waals surface area contributed by atoms with Gasteiger partial charge in [0.15, 0.2) is 0 Å². The van der Waals surface area contributed by atoms with E-state index >= 15 is 0 Å². The molecule has 128 valence electrons. The number of nitrogens with one attached hydrogen (secondary N) is 1. The molecule has 0 aliphatic rings. The molecule has 0 unspecified atom stereocenters. The van der Waals surface area contributed by atoms with Crippen molar-refractivity contribution in [3.63, 3.8) is 0 Å². The molecule has 2 rings (SSSR count). The number of esters is 1. The Kier molecular flexibility index (Phi) is 5.94. The lowest BCUT2D eigenvalue weighted by Gasteiger charge is -2.08. The summed E-state index contributed by atoms with van der Waals surface area (Å²) < 4.78 is 36.0. The Morgan fingerprint density at radius 2 is 1.79 bits per heavy atom. The van der Waals surface area contributed by atoms with Crippen LogP contribution >= 0.6 is 0 Å². The summed E-state index contributed by atoms with van der Waals surface area (Å²) >= 11 is 0. The van der Waals surface area contributed by atoms with Crippen LogP contribution in [0.1, 0.15) is 15.9 Å². The average Bonchev–Trinajstić information content (AvgIpc) is 2.58. The zero-order chi connectivity index (χ0) is 17.6. The second kappa shape index (κ2) is 7.94. The number of rotatable bonds is 7. The molecule has 0 aliphatic carbocycles. The molecule has 0 spiro atoms. The summed E-state index contributed by atoms with van der Waals surface area (Å²) in [5.74, 6) is 0.184. The Hall–Kier alpha value is -2.38. The third kappa shape index (κ3) is 4.81. The fourth-order valence-corrected chi connectivity index (χ4v) is 2.70. The van der Waals surface area contributed by atoms with Gasteiger partial charge >= 0.3 is 5.97 Å². The van der Waals surface area contributed by atoms with Gasteiger partial charge in [0.25, 0.3) is 0 Å². The van der Waals surface area contributed by atoms with Crippen LogP contribution in [0.5, 0.6) is 5.75 Å². The molecule has 0 fully saturated rings. The predicted octanol–water partition coefficient (Wildman–Crippen LogP) is 2.14. The highest BCUT2D eigenvalue weighted by Gasteiger charge is 2.13. The maximum absolute atomic E-state index is 11.9. The minimum absolute atomic E-state index is 0.0873. The van der Waals surface area contributed by atoms with Gasteiger partial charge in [0.05, 0.1) is 10.5 Å². The Bertz CT molecular complexity index is 800. The second-order valence-corrected chi connectivity index (χ2v) is 6.92. The van der Waals surface area contributed by atoms with E-state index in [0.29, 0.717) is 5.75 Å². The van der Waals surface area contributed by atoms with Crippen molar-refractivity contribution in [3.8, 4) is 5.75 Å². The Balaban J connectivity index is 1.84. The average molecular weight is 349 g/mol. The van der Waals surface area contributed by atoms with Crippen molar-refractivity contribution >= 4 is 16.0 Å². The number of hydrogen-bond donors (Lipinski definition) is 1. The van der Waals surface area contributed by atoms with Gasteiger partial charge in [0, 0.05) is 0 Å². The van der Waals surface area contributed by atoms with Crippen LogP contribution in [-0.4, -0.2) is 34.6 Å². The Labute approximate surface area is 141 Å². The quantitative estimate of drug-likeness (QED) is 0.612. The molecular formula is C17H19NO5S. The number of hydrogen-bond acceptors (Lipinski definition) is 5. The lowest BCUT2D eigenvalue weighted by atomic mass is 10.2. The molecule has 1 N–H and O–H groups in total. The van der Waals surface area contributed by atoms with Gasteiger partial charge in [-0.05, 0) is 55.9 Å².